The molecule has 0 atom stereocenters. The van der Waals surface area contributed by atoms with Gasteiger partial charge >= 0.3 is 0 Å². The van der Waals surface area contributed by atoms with E-state index in [1.54, 1.807) is 37.4 Å². The van der Waals surface area contributed by atoms with Crippen LogP contribution in [0.2, 0.25) is 0 Å². The zero-order valence-electron chi connectivity index (χ0n) is 17.4. The number of ether oxygens (including phenoxy) is 1. The molecule has 1 amide bonds. The molecule has 0 saturated heterocycles. The molecule has 5 nitrogen and oxygen atoms in total. The van der Waals surface area contributed by atoms with Crippen LogP contribution in [0.25, 0.3) is 5.57 Å². The number of hydrogen-bond acceptors (Lipinski definition) is 4. The minimum Gasteiger partial charge on any atom is -0.508 e. The monoisotopic (exact) mass is 380 g/mol. The summed E-state index contributed by atoms with van der Waals surface area (Å²) in [6.45, 7) is 6.66. The van der Waals surface area contributed by atoms with Crippen molar-refractivity contribution < 1.29 is 14.6 Å². The Morgan fingerprint density at radius 1 is 1.18 bits per heavy atom. The third-order valence-electron chi connectivity index (χ3n) is 5.04. The summed E-state index contributed by atoms with van der Waals surface area (Å²) in [6, 6.07) is 10.8. The first-order valence-electron chi connectivity index (χ1n) is 9.33. The molecule has 0 aliphatic carbocycles. The Labute approximate surface area is 166 Å². The third kappa shape index (κ3) is 3.62. The molecule has 1 N–H and O–H groups in total. The van der Waals surface area contributed by atoms with Crippen LogP contribution in [0.3, 0.4) is 0 Å². The maximum absolute atomic E-state index is 13.5. The highest BCUT2D eigenvalue weighted by molar-refractivity contribution is 6.10. The van der Waals surface area contributed by atoms with E-state index in [0.717, 1.165) is 22.4 Å². The van der Waals surface area contributed by atoms with E-state index in [0.29, 0.717) is 17.9 Å². The van der Waals surface area contributed by atoms with Crippen LogP contribution in [0.4, 0.5) is 5.69 Å². The zero-order chi connectivity index (χ0) is 20.6. The lowest BCUT2D eigenvalue weighted by Gasteiger charge is -2.42. The second kappa shape index (κ2) is 7.32. The fraction of sp³-hybridized carbons (Fsp3) is 0.348. The minimum atomic E-state index is -0.500. The maximum atomic E-state index is 13.5. The lowest BCUT2D eigenvalue weighted by atomic mass is 9.87. The number of phenols is 1. The van der Waals surface area contributed by atoms with Gasteiger partial charge in [-0.05, 0) is 76.8 Å². The molecule has 1 heterocycles. The van der Waals surface area contributed by atoms with Gasteiger partial charge in [0.2, 0.25) is 0 Å². The van der Waals surface area contributed by atoms with E-state index in [1.165, 1.54) is 0 Å². The molecule has 28 heavy (non-hydrogen) atoms. The predicted octanol–water partition coefficient (Wildman–Crippen LogP) is 4.30. The summed E-state index contributed by atoms with van der Waals surface area (Å²) in [5.74, 6) is 0.875. The topological polar surface area (TPSA) is 53.0 Å². The Hall–Kier alpha value is -2.79. The van der Waals surface area contributed by atoms with Crippen LogP contribution in [0.15, 0.2) is 42.5 Å². The summed E-state index contributed by atoms with van der Waals surface area (Å²) >= 11 is 0. The van der Waals surface area contributed by atoms with Crippen molar-refractivity contribution in [3.05, 3.63) is 59.2 Å². The molecule has 5 heteroatoms. The van der Waals surface area contributed by atoms with Crippen LogP contribution in [0.1, 0.15) is 42.3 Å². The Bertz CT molecular complexity index is 928. The minimum absolute atomic E-state index is 0.0841. The van der Waals surface area contributed by atoms with E-state index in [2.05, 4.69) is 6.08 Å². The highest BCUT2D eigenvalue weighted by atomic mass is 16.5. The quantitative estimate of drug-likeness (QED) is 0.859. The Balaban J connectivity index is 2.13. The van der Waals surface area contributed by atoms with E-state index in [-0.39, 0.29) is 11.7 Å². The van der Waals surface area contributed by atoms with Crippen LogP contribution in [0, 0.1) is 0 Å². The molecule has 2 aromatic carbocycles. The molecule has 2 aromatic rings. The number of allylic oxidation sites excluding steroid dienone is 1. The number of benzene rings is 2. The van der Waals surface area contributed by atoms with Gasteiger partial charge in [-0.3, -0.25) is 9.69 Å². The van der Waals surface area contributed by atoms with Crippen LogP contribution in [-0.2, 0) is 6.54 Å². The molecule has 0 saturated carbocycles. The smallest absolute Gasteiger partial charge is 0.259 e. The first-order chi connectivity index (χ1) is 13.1. The van der Waals surface area contributed by atoms with Gasteiger partial charge in [0.05, 0.1) is 18.3 Å². The Morgan fingerprint density at radius 3 is 2.39 bits per heavy atom. The standard InChI is InChI=1S/C23H28N2O3/c1-15-13-23(2,3)25(22(27)16-7-9-18(28-6)10-8-16)20-11-17(14-24(4)5)21(26)12-19(15)20/h7-13,26H,14H2,1-6H3. The summed E-state index contributed by atoms with van der Waals surface area (Å²) in [7, 11) is 5.51. The van der Waals surface area contributed by atoms with Crippen molar-refractivity contribution in [3.8, 4) is 11.5 Å². The average Bonchev–Trinajstić information content (AvgIpc) is 2.62. The van der Waals surface area contributed by atoms with Crippen molar-refractivity contribution in [2.45, 2.75) is 32.9 Å². The Kier molecular flexibility index (Phi) is 5.22. The third-order valence-corrected chi connectivity index (χ3v) is 5.04. The molecule has 0 radical (unpaired) electrons. The average molecular weight is 380 g/mol. The first-order valence-corrected chi connectivity index (χ1v) is 9.33. The summed E-state index contributed by atoms with van der Waals surface area (Å²) in [6.07, 6.45) is 2.07. The number of rotatable bonds is 4. The number of nitrogens with zero attached hydrogens (tertiary/aromatic N) is 2. The van der Waals surface area contributed by atoms with Crippen molar-refractivity contribution in [1.29, 1.82) is 0 Å². The molecular weight excluding hydrogens is 352 g/mol. The van der Waals surface area contributed by atoms with Gasteiger partial charge in [-0.15, -0.1) is 0 Å². The van der Waals surface area contributed by atoms with Gasteiger partial charge < -0.3 is 14.7 Å². The van der Waals surface area contributed by atoms with E-state index >= 15 is 0 Å². The van der Waals surface area contributed by atoms with Crippen molar-refractivity contribution >= 4 is 17.2 Å². The van der Waals surface area contributed by atoms with Gasteiger partial charge in [0.25, 0.3) is 5.91 Å². The SMILES string of the molecule is COc1ccc(C(=O)N2c3cc(CN(C)C)c(O)cc3C(C)=CC2(C)C)cc1. The predicted molar refractivity (Wildman–Crippen MR) is 113 cm³/mol. The Morgan fingerprint density at radius 2 is 1.82 bits per heavy atom. The van der Waals surface area contributed by atoms with Crippen LogP contribution < -0.4 is 9.64 Å². The molecule has 1 aliphatic heterocycles. The number of phenolic OH excluding ortho intramolecular Hbond substituents is 1. The van der Waals surface area contributed by atoms with Gasteiger partial charge in [0, 0.05) is 23.2 Å². The van der Waals surface area contributed by atoms with E-state index in [9.17, 15) is 9.90 Å². The number of fused-ring (bicyclic) bond motifs is 1. The number of aromatic hydroxyl groups is 1. The summed E-state index contributed by atoms with van der Waals surface area (Å²) < 4.78 is 5.20. The number of methoxy groups -OCH3 is 1. The molecule has 0 unspecified atom stereocenters. The summed E-state index contributed by atoms with van der Waals surface area (Å²) in [5, 5.41) is 10.5. The largest absolute Gasteiger partial charge is 0.508 e. The zero-order valence-corrected chi connectivity index (χ0v) is 17.4. The van der Waals surface area contributed by atoms with E-state index in [1.807, 2.05) is 50.7 Å². The molecule has 0 aromatic heterocycles. The molecule has 148 valence electrons. The van der Waals surface area contributed by atoms with Crippen molar-refractivity contribution in [1.82, 2.24) is 4.90 Å². The second-order valence-electron chi connectivity index (χ2n) is 8.09. The lowest BCUT2D eigenvalue weighted by Crippen LogP contribution is -2.49. The first kappa shape index (κ1) is 20.0. The summed E-state index contributed by atoms with van der Waals surface area (Å²) in [4.78, 5) is 17.3. The lowest BCUT2D eigenvalue weighted by molar-refractivity contribution is 0.0970. The van der Waals surface area contributed by atoms with Gasteiger partial charge in [0.1, 0.15) is 11.5 Å². The molecule has 1 aliphatic rings. The highest BCUT2D eigenvalue weighted by Crippen LogP contribution is 2.42. The number of hydrogen-bond donors (Lipinski definition) is 1. The van der Waals surface area contributed by atoms with E-state index < -0.39 is 5.54 Å². The molecule has 0 bridgehead atoms. The number of carbonyl (C=O) groups is 1. The molecule has 0 fully saturated rings. The van der Waals surface area contributed by atoms with Crippen molar-refractivity contribution in [3.63, 3.8) is 0 Å². The number of anilines is 1. The van der Waals surface area contributed by atoms with Gasteiger partial charge in [0.15, 0.2) is 0 Å². The van der Waals surface area contributed by atoms with Crippen LogP contribution >= 0.6 is 0 Å². The number of carbonyl (C=O) groups excluding carboxylic acids is 1. The van der Waals surface area contributed by atoms with Gasteiger partial charge in [-0.25, -0.2) is 0 Å². The molecular formula is C23H28N2O3. The fourth-order valence-corrected chi connectivity index (χ4v) is 3.80. The molecule has 3 rings (SSSR count). The highest BCUT2D eigenvalue weighted by Gasteiger charge is 2.37. The second-order valence-corrected chi connectivity index (χ2v) is 8.09. The van der Waals surface area contributed by atoms with Crippen molar-refractivity contribution in [2.24, 2.45) is 0 Å². The number of amides is 1. The van der Waals surface area contributed by atoms with Crippen LogP contribution in [-0.4, -0.2) is 42.7 Å². The molecule has 0 spiro atoms. The van der Waals surface area contributed by atoms with Crippen LogP contribution in [0.5, 0.6) is 11.5 Å². The van der Waals surface area contributed by atoms with Gasteiger partial charge in [-0.1, -0.05) is 6.08 Å². The normalized spacial score (nSPS) is 15.2. The van der Waals surface area contributed by atoms with Gasteiger partial charge in [-0.2, -0.15) is 0 Å². The maximum Gasteiger partial charge on any atom is 0.259 e. The fourth-order valence-electron chi connectivity index (χ4n) is 3.80. The summed E-state index contributed by atoms with van der Waals surface area (Å²) in [5.41, 5.74) is 3.63. The van der Waals surface area contributed by atoms with Crippen molar-refractivity contribution in [2.75, 3.05) is 26.1 Å². The van der Waals surface area contributed by atoms with E-state index in [4.69, 9.17) is 4.74 Å².